The summed E-state index contributed by atoms with van der Waals surface area (Å²) in [5, 5.41) is 9.13. The second kappa shape index (κ2) is 8.02. The first-order valence-electron chi connectivity index (χ1n) is 6.80. The van der Waals surface area contributed by atoms with Gasteiger partial charge in [-0.25, -0.2) is 0 Å². The normalized spacial score (nSPS) is 10.3. The maximum absolute atomic E-state index is 12.1. The summed E-state index contributed by atoms with van der Waals surface area (Å²) in [6.07, 6.45) is 3.17. The average molecular weight is 328 g/mol. The molecule has 23 heavy (non-hydrogen) atoms. The number of carbonyl (C=O) groups is 1. The van der Waals surface area contributed by atoms with Gasteiger partial charge in [0.15, 0.2) is 23.9 Å². The first-order chi connectivity index (χ1) is 11.1. The van der Waals surface area contributed by atoms with Gasteiger partial charge in [-0.2, -0.15) is 5.26 Å². The van der Waals surface area contributed by atoms with Crippen molar-refractivity contribution < 1.29 is 14.3 Å². The summed E-state index contributed by atoms with van der Waals surface area (Å²) in [4.78, 5) is 12.1. The Bertz CT molecular complexity index is 761. The minimum Gasteiger partial charge on any atom is -0.493 e. The van der Waals surface area contributed by atoms with Gasteiger partial charge in [-0.3, -0.25) is 4.79 Å². The lowest BCUT2D eigenvalue weighted by atomic mass is 10.1. The van der Waals surface area contributed by atoms with Crippen LogP contribution in [0.4, 0.5) is 0 Å². The van der Waals surface area contributed by atoms with Crippen LogP contribution in [0, 0.1) is 11.3 Å². The van der Waals surface area contributed by atoms with Gasteiger partial charge in [0.1, 0.15) is 6.07 Å². The number of carbonyl (C=O) groups excluding carboxylic acids is 1. The molecule has 0 spiro atoms. The number of ether oxygens (including phenoxy) is 2. The quantitative estimate of drug-likeness (QED) is 0.591. The number of allylic oxidation sites excluding steroid dienone is 1. The Morgan fingerprint density at radius 2 is 1.96 bits per heavy atom. The molecule has 0 aromatic heterocycles. The molecule has 0 aliphatic rings. The van der Waals surface area contributed by atoms with E-state index in [0.717, 1.165) is 5.56 Å². The van der Waals surface area contributed by atoms with Gasteiger partial charge in [0, 0.05) is 10.6 Å². The Morgan fingerprint density at radius 3 is 2.61 bits per heavy atom. The van der Waals surface area contributed by atoms with Gasteiger partial charge in [-0.15, -0.1) is 0 Å². The molecular weight excluding hydrogens is 314 g/mol. The van der Waals surface area contributed by atoms with Crippen molar-refractivity contribution in [2.45, 2.75) is 0 Å². The zero-order valence-corrected chi connectivity index (χ0v) is 13.2. The minimum atomic E-state index is -0.120. The standard InChI is InChI=1S/C18H14ClNO3/c1-22-18-12-13(3-9-17(18)23-11-10-20)2-8-16(21)14-4-6-15(19)7-5-14/h2-9,12H,11H2,1H3/b8-2+. The van der Waals surface area contributed by atoms with Crippen molar-refractivity contribution in [1.82, 2.24) is 0 Å². The van der Waals surface area contributed by atoms with Crippen molar-refractivity contribution in [3.8, 4) is 17.6 Å². The molecule has 4 nitrogen and oxygen atoms in total. The molecular formula is C18H14ClNO3. The van der Waals surface area contributed by atoms with Crippen LogP contribution in [0.1, 0.15) is 15.9 Å². The van der Waals surface area contributed by atoms with Crippen molar-refractivity contribution in [3.63, 3.8) is 0 Å². The first kappa shape index (κ1) is 16.6. The van der Waals surface area contributed by atoms with E-state index in [1.54, 1.807) is 48.5 Å². The largest absolute Gasteiger partial charge is 0.493 e. The zero-order chi connectivity index (χ0) is 16.7. The van der Waals surface area contributed by atoms with E-state index in [9.17, 15) is 4.79 Å². The van der Waals surface area contributed by atoms with Gasteiger partial charge >= 0.3 is 0 Å². The summed E-state index contributed by atoms with van der Waals surface area (Å²) in [5.41, 5.74) is 1.35. The second-order valence-corrected chi connectivity index (χ2v) is 5.00. The number of halogens is 1. The van der Waals surface area contributed by atoms with Gasteiger partial charge < -0.3 is 9.47 Å². The van der Waals surface area contributed by atoms with E-state index < -0.39 is 0 Å². The molecule has 0 heterocycles. The van der Waals surface area contributed by atoms with Crippen LogP contribution in [0.5, 0.6) is 11.5 Å². The molecule has 0 amide bonds. The molecule has 0 bridgehead atoms. The highest BCUT2D eigenvalue weighted by atomic mass is 35.5. The number of hydrogen-bond acceptors (Lipinski definition) is 4. The van der Waals surface area contributed by atoms with Gasteiger partial charge in [0.2, 0.25) is 0 Å². The van der Waals surface area contributed by atoms with Crippen LogP contribution >= 0.6 is 11.6 Å². The molecule has 0 saturated carbocycles. The molecule has 0 N–H and O–H groups in total. The van der Waals surface area contributed by atoms with Crippen LogP contribution in [0.15, 0.2) is 48.5 Å². The number of nitrogens with zero attached hydrogens (tertiary/aromatic N) is 1. The molecule has 0 saturated heterocycles. The Kier molecular flexibility index (Phi) is 5.79. The topological polar surface area (TPSA) is 59.3 Å². The maximum Gasteiger partial charge on any atom is 0.185 e. The van der Waals surface area contributed by atoms with Crippen LogP contribution < -0.4 is 9.47 Å². The van der Waals surface area contributed by atoms with E-state index in [1.807, 2.05) is 6.07 Å². The molecule has 0 aliphatic heterocycles. The summed E-state index contributed by atoms with van der Waals surface area (Å²) < 4.78 is 10.5. The smallest absolute Gasteiger partial charge is 0.185 e. The molecule has 2 rings (SSSR count). The minimum absolute atomic E-state index is 0.0550. The highest BCUT2D eigenvalue weighted by molar-refractivity contribution is 6.30. The Hall–Kier alpha value is -2.77. The Balaban J connectivity index is 2.14. The van der Waals surface area contributed by atoms with Crippen LogP contribution in [-0.2, 0) is 0 Å². The summed E-state index contributed by atoms with van der Waals surface area (Å²) >= 11 is 5.80. The number of nitriles is 1. The lowest BCUT2D eigenvalue weighted by Gasteiger charge is -2.08. The number of benzene rings is 2. The highest BCUT2D eigenvalue weighted by Crippen LogP contribution is 2.28. The van der Waals surface area contributed by atoms with Gasteiger partial charge in [0.05, 0.1) is 7.11 Å². The van der Waals surface area contributed by atoms with Crippen molar-refractivity contribution >= 4 is 23.5 Å². The van der Waals surface area contributed by atoms with E-state index in [2.05, 4.69) is 0 Å². The van der Waals surface area contributed by atoms with E-state index in [4.69, 9.17) is 26.3 Å². The fraction of sp³-hybridized carbons (Fsp3) is 0.111. The maximum atomic E-state index is 12.1. The zero-order valence-electron chi connectivity index (χ0n) is 12.5. The van der Waals surface area contributed by atoms with Crippen LogP contribution in [0.3, 0.4) is 0 Å². The predicted molar refractivity (Wildman–Crippen MR) is 88.9 cm³/mol. The van der Waals surface area contributed by atoms with E-state index >= 15 is 0 Å². The fourth-order valence-corrected chi connectivity index (χ4v) is 2.03. The number of methoxy groups -OCH3 is 1. The first-order valence-corrected chi connectivity index (χ1v) is 7.17. The van der Waals surface area contributed by atoms with E-state index in [1.165, 1.54) is 13.2 Å². The lowest BCUT2D eigenvalue weighted by molar-refractivity contribution is 0.104. The van der Waals surface area contributed by atoms with Crippen LogP contribution in [0.25, 0.3) is 6.08 Å². The average Bonchev–Trinajstić information content (AvgIpc) is 2.58. The Labute approximate surface area is 139 Å². The SMILES string of the molecule is COc1cc(/C=C/C(=O)c2ccc(Cl)cc2)ccc1OCC#N. The fourth-order valence-electron chi connectivity index (χ4n) is 1.90. The van der Waals surface area contributed by atoms with E-state index in [0.29, 0.717) is 22.1 Å². The molecule has 0 atom stereocenters. The molecule has 5 heteroatoms. The third-order valence-electron chi connectivity index (χ3n) is 3.04. The van der Waals surface area contributed by atoms with Gasteiger partial charge in [0.25, 0.3) is 0 Å². The van der Waals surface area contributed by atoms with Gasteiger partial charge in [-0.1, -0.05) is 23.7 Å². The van der Waals surface area contributed by atoms with Crippen LogP contribution in [-0.4, -0.2) is 19.5 Å². The molecule has 0 radical (unpaired) electrons. The highest BCUT2D eigenvalue weighted by Gasteiger charge is 2.05. The van der Waals surface area contributed by atoms with E-state index in [-0.39, 0.29) is 12.4 Å². The molecule has 116 valence electrons. The Morgan fingerprint density at radius 1 is 1.22 bits per heavy atom. The molecule has 2 aromatic rings. The monoisotopic (exact) mass is 327 g/mol. The summed E-state index contributed by atoms with van der Waals surface area (Å²) in [6, 6.07) is 13.8. The van der Waals surface area contributed by atoms with Crippen molar-refractivity contribution in [2.75, 3.05) is 13.7 Å². The van der Waals surface area contributed by atoms with Crippen molar-refractivity contribution in [3.05, 3.63) is 64.7 Å². The second-order valence-electron chi connectivity index (χ2n) is 4.56. The lowest BCUT2D eigenvalue weighted by Crippen LogP contribution is -1.97. The summed E-state index contributed by atoms with van der Waals surface area (Å²) in [6.45, 7) is -0.0550. The third-order valence-corrected chi connectivity index (χ3v) is 3.29. The molecule has 0 aliphatic carbocycles. The van der Waals surface area contributed by atoms with Crippen molar-refractivity contribution in [2.24, 2.45) is 0 Å². The van der Waals surface area contributed by atoms with Crippen LogP contribution in [0.2, 0.25) is 5.02 Å². The summed E-state index contributed by atoms with van der Waals surface area (Å²) in [7, 11) is 1.51. The summed E-state index contributed by atoms with van der Waals surface area (Å²) in [5.74, 6) is 0.863. The molecule has 2 aromatic carbocycles. The third kappa shape index (κ3) is 4.60. The van der Waals surface area contributed by atoms with Crippen molar-refractivity contribution in [1.29, 1.82) is 5.26 Å². The van der Waals surface area contributed by atoms with Gasteiger partial charge in [-0.05, 0) is 48.0 Å². The number of rotatable bonds is 6. The number of ketones is 1. The predicted octanol–water partition coefficient (Wildman–Crippen LogP) is 4.15. The molecule has 0 unspecified atom stereocenters. The number of hydrogen-bond donors (Lipinski definition) is 0. The molecule has 0 fully saturated rings.